The van der Waals surface area contributed by atoms with Crippen LogP contribution in [0, 0.1) is 0 Å². The molecule has 1 N–H and O–H groups in total. The van der Waals surface area contributed by atoms with Crippen LogP contribution >= 0.6 is 12.4 Å². The van der Waals surface area contributed by atoms with Crippen LogP contribution in [0.3, 0.4) is 0 Å². The molecular formula is C26H27ClN2. The molecule has 0 radical (unpaired) electrons. The normalized spacial score (nSPS) is 11.6. The van der Waals surface area contributed by atoms with Gasteiger partial charge in [0, 0.05) is 24.8 Å². The Morgan fingerprint density at radius 3 is 2.34 bits per heavy atom. The van der Waals surface area contributed by atoms with Crippen molar-refractivity contribution in [2.75, 3.05) is 13.6 Å². The number of para-hydroxylation sites is 1. The number of hydrogen-bond donors (Lipinski definition) is 1. The summed E-state index contributed by atoms with van der Waals surface area (Å²) in [5.41, 5.74) is 7.70. The Kier molecular flexibility index (Phi) is 6.92. The van der Waals surface area contributed by atoms with Crippen molar-refractivity contribution >= 4 is 29.4 Å². The third-order valence-electron chi connectivity index (χ3n) is 5.06. The number of likely N-dealkylation sites (N-methyl/N-ethyl adjacent to an activating group) is 1. The van der Waals surface area contributed by atoms with E-state index in [9.17, 15) is 0 Å². The van der Waals surface area contributed by atoms with Gasteiger partial charge >= 0.3 is 0 Å². The SMILES string of the molecule is C/C(=C\c1ccc(-c2ccccc2)cc1)CN(C)Cc1cccc2cc[nH]c12.Cl. The van der Waals surface area contributed by atoms with Gasteiger partial charge in [0.15, 0.2) is 0 Å². The van der Waals surface area contributed by atoms with Gasteiger partial charge in [-0.3, -0.25) is 4.90 Å². The maximum absolute atomic E-state index is 3.36. The zero-order valence-electron chi connectivity index (χ0n) is 16.9. The molecule has 0 unspecified atom stereocenters. The van der Waals surface area contributed by atoms with Crippen LogP contribution in [0.4, 0.5) is 0 Å². The zero-order chi connectivity index (χ0) is 19.3. The average Bonchev–Trinajstić information content (AvgIpc) is 3.19. The van der Waals surface area contributed by atoms with Gasteiger partial charge in [0.2, 0.25) is 0 Å². The first-order valence-electron chi connectivity index (χ1n) is 9.75. The molecule has 148 valence electrons. The summed E-state index contributed by atoms with van der Waals surface area (Å²) in [6.07, 6.45) is 4.29. The first-order chi connectivity index (χ1) is 13.7. The van der Waals surface area contributed by atoms with Crippen molar-refractivity contribution in [3.05, 3.63) is 102 Å². The number of H-pyrrole nitrogens is 1. The standard InChI is InChI=1S/C26H26N2.ClH/c1-20(17-21-11-13-23(14-12-21)22-7-4-3-5-8-22)18-28(2)19-25-10-6-9-24-15-16-27-26(24)25;/h3-17,27H,18-19H2,1-2H3;1H/b20-17+;. The monoisotopic (exact) mass is 402 g/mol. The van der Waals surface area contributed by atoms with Crippen molar-refractivity contribution in [3.8, 4) is 11.1 Å². The molecule has 29 heavy (non-hydrogen) atoms. The van der Waals surface area contributed by atoms with E-state index < -0.39 is 0 Å². The lowest BCUT2D eigenvalue weighted by atomic mass is 10.0. The molecule has 0 amide bonds. The molecule has 0 aliphatic rings. The van der Waals surface area contributed by atoms with Gasteiger partial charge in [0.05, 0.1) is 0 Å². The predicted molar refractivity (Wildman–Crippen MR) is 127 cm³/mol. The summed E-state index contributed by atoms with van der Waals surface area (Å²) in [6.45, 7) is 4.07. The Hall–Kier alpha value is -2.81. The van der Waals surface area contributed by atoms with E-state index in [0.29, 0.717) is 0 Å². The third kappa shape index (κ3) is 5.17. The van der Waals surface area contributed by atoms with Gasteiger partial charge in [-0.2, -0.15) is 0 Å². The van der Waals surface area contributed by atoms with Crippen molar-refractivity contribution in [2.45, 2.75) is 13.5 Å². The van der Waals surface area contributed by atoms with E-state index in [4.69, 9.17) is 0 Å². The number of aromatic amines is 1. The second-order valence-corrected chi connectivity index (χ2v) is 7.51. The average molecular weight is 403 g/mol. The lowest BCUT2D eigenvalue weighted by Gasteiger charge is -2.18. The summed E-state index contributed by atoms with van der Waals surface area (Å²) in [5.74, 6) is 0. The van der Waals surface area contributed by atoms with Gasteiger partial charge in [-0.15, -0.1) is 12.4 Å². The van der Waals surface area contributed by atoms with Gasteiger partial charge in [0.25, 0.3) is 0 Å². The number of nitrogens with one attached hydrogen (secondary N) is 1. The van der Waals surface area contributed by atoms with Crippen LogP contribution in [0.15, 0.2) is 90.6 Å². The predicted octanol–water partition coefficient (Wildman–Crippen LogP) is 6.79. The minimum Gasteiger partial charge on any atom is -0.361 e. The van der Waals surface area contributed by atoms with Crippen LogP contribution < -0.4 is 0 Å². The number of hydrogen-bond acceptors (Lipinski definition) is 1. The molecule has 4 aromatic rings. The third-order valence-corrected chi connectivity index (χ3v) is 5.06. The molecule has 1 aromatic heterocycles. The van der Waals surface area contributed by atoms with Gasteiger partial charge in [-0.25, -0.2) is 0 Å². The zero-order valence-corrected chi connectivity index (χ0v) is 17.7. The molecule has 0 bridgehead atoms. The highest BCUT2D eigenvalue weighted by Gasteiger charge is 2.06. The highest BCUT2D eigenvalue weighted by molar-refractivity contribution is 5.85. The van der Waals surface area contributed by atoms with Crippen LogP contribution in [0.5, 0.6) is 0 Å². The molecular weight excluding hydrogens is 376 g/mol. The van der Waals surface area contributed by atoms with Gasteiger partial charge in [-0.1, -0.05) is 84.4 Å². The summed E-state index contributed by atoms with van der Waals surface area (Å²) in [6, 6.07) is 27.9. The van der Waals surface area contributed by atoms with E-state index in [1.807, 2.05) is 6.20 Å². The fourth-order valence-electron chi connectivity index (χ4n) is 3.79. The Balaban J connectivity index is 0.00000240. The number of nitrogens with zero attached hydrogens (tertiary/aromatic N) is 1. The van der Waals surface area contributed by atoms with Crippen LogP contribution in [0.1, 0.15) is 18.1 Å². The van der Waals surface area contributed by atoms with E-state index in [1.54, 1.807) is 0 Å². The Morgan fingerprint density at radius 1 is 0.862 bits per heavy atom. The van der Waals surface area contributed by atoms with Gasteiger partial charge in [0.1, 0.15) is 0 Å². The van der Waals surface area contributed by atoms with E-state index in [0.717, 1.165) is 13.1 Å². The number of halogens is 1. The van der Waals surface area contributed by atoms with E-state index in [-0.39, 0.29) is 12.4 Å². The maximum Gasteiger partial charge on any atom is 0.0499 e. The first kappa shape index (κ1) is 20.9. The minimum atomic E-state index is 0. The largest absolute Gasteiger partial charge is 0.361 e. The van der Waals surface area contributed by atoms with Crippen LogP contribution in [-0.2, 0) is 6.54 Å². The fraction of sp³-hybridized carbons (Fsp3) is 0.154. The second kappa shape index (κ2) is 9.60. The summed E-state index contributed by atoms with van der Waals surface area (Å²) >= 11 is 0. The number of aromatic nitrogens is 1. The van der Waals surface area contributed by atoms with Crippen molar-refractivity contribution < 1.29 is 0 Å². The molecule has 0 fully saturated rings. The van der Waals surface area contributed by atoms with Crippen LogP contribution in [0.25, 0.3) is 28.1 Å². The summed E-state index contributed by atoms with van der Waals surface area (Å²) < 4.78 is 0. The highest BCUT2D eigenvalue weighted by Crippen LogP contribution is 2.21. The molecule has 2 nitrogen and oxygen atoms in total. The van der Waals surface area contributed by atoms with Crippen LogP contribution in [0.2, 0.25) is 0 Å². The molecule has 3 aromatic carbocycles. The minimum absolute atomic E-state index is 0. The quantitative estimate of drug-likeness (QED) is 0.376. The summed E-state index contributed by atoms with van der Waals surface area (Å²) in [5, 5.41) is 1.27. The van der Waals surface area contributed by atoms with E-state index >= 15 is 0 Å². The van der Waals surface area contributed by atoms with Crippen molar-refractivity contribution in [1.82, 2.24) is 9.88 Å². The molecule has 0 atom stereocenters. The lowest BCUT2D eigenvalue weighted by Crippen LogP contribution is -2.20. The molecule has 0 spiro atoms. The molecule has 0 saturated heterocycles. The van der Waals surface area contributed by atoms with Crippen molar-refractivity contribution in [2.24, 2.45) is 0 Å². The highest BCUT2D eigenvalue weighted by atomic mass is 35.5. The summed E-state index contributed by atoms with van der Waals surface area (Å²) in [4.78, 5) is 5.73. The Bertz CT molecular complexity index is 1080. The number of benzene rings is 3. The maximum atomic E-state index is 3.36. The molecule has 4 rings (SSSR count). The second-order valence-electron chi connectivity index (χ2n) is 7.51. The van der Waals surface area contributed by atoms with Gasteiger partial charge < -0.3 is 4.98 Å². The van der Waals surface area contributed by atoms with E-state index in [1.165, 1.54) is 38.7 Å². The molecule has 3 heteroatoms. The van der Waals surface area contributed by atoms with E-state index in [2.05, 4.69) is 109 Å². The molecule has 0 saturated carbocycles. The molecule has 0 aliphatic heterocycles. The lowest BCUT2D eigenvalue weighted by molar-refractivity contribution is 0.357. The Labute approximate surface area is 179 Å². The van der Waals surface area contributed by atoms with Gasteiger partial charge in [-0.05, 0) is 47.7 Å². The number of fused-ring (bicyclic) bond motifs is 1. The molecule has 1 heterocycles. The van der Waals surface area contributed by atoms with Crippen molar-refractivity contribution in [1.29, 1.82) is 0 Å². The van der Waals surface area contributed by atoms with Crippen LogP contribution in [-0.4, -0.2) is 23.5 Å². The fourth-order valence-corrected chi connectivity index (χ4v) is 3.79. The first-order valence-corrected chi connectivity index (χ1v) is 9.75. The Morgan fingerprint density at radius 2 is 1.59 bits per heavy atom. The topological polar surface area (TPSA) is 19.0 Å². The number of rotatable bonds is 6. The summed E-state index contributed by atoms with van der Waals surface area (Å²) in [7, 11) is 2.18. The van der Waals surface area contributed by atoms with Crippen molar-refractivity contribution in [3.63, 3.8) is 0 Å². The molecule has 0 aliphatic carbocycles. The smallest absolute Gasteiger partial charge is 0.0499 e.